The van der Waals surface area contributed by atoms with Gasteiger partial charge in [0.2, 0.25) is 0 Å². The molecular formula is C15H20CrO6. The first-order valence-electron chi connectivity index (χ1n) is 5.94. The first-order chi connectivity index (χ1) is 10.3. The summed E-state index contributed by atoms with van der Waals surface area (Å²) < 4.78 is 34.8. The molecule has 0 fully saturated rings. The van der Waals surface area contributed by atoms with E-state index in [2.05, 4.69) is 33.5 Å². The molecule has 0 bridgehead atoms. The van der Waals surface area contributed by atoms with Gasteiger partial charge in [0.25, 0.3) is 0 Å². The fourth-order valence-electron chi connectivity index (χ4n) is 1.26. The van der Waals surface area contributed by atoms with Crippen LogP contribution in [0.2, 0.25) is 0 Å². The standard InChI is InChI=1S/C11H20O2.4CO.Cr/c1-3-4-5-6-7-8-9-11(10-12)13-2;4*1-2;/h3-9H2,1-2H3;;;;;. The molecule has 0 radical (unpaired) electrons. The van der Waals surface area contributed by atoms with E-state index in [9.17, 15) is 4.79 Å². The minimum atomic E-state index is 0. The third-order valence-corrected chi connectivity index (χ3v) is 2.12. The third-order valence-electron chi connectivity index (χ3n) is 2.12. The fraction of sp³-hybridized carbons (Fsp3) is 0.600. The van der Waals surface area contributed by atoms with Crippen LogP contribution >= 0.6 is 0 Å². The Bertz CT molecular complexity index is 276. The molecule has 0 atom stereocenters. The van der Waals surface area contributed by atoms with Crippen molar-refractivity contribution in [2.45, 2.75) is 51.9 Å². The van der Waals surface area contributed by atoms with Crippen LogP contribution in [0.15, 0.2) is 5.76 Å². The summed E-state index contributed by atoms with van der Waals surface area (Å²) >= 11 is 0. The molecule has 0 saturated heterocycles. The Balaban J connectivity index is -0.0000000613. The van der Waals surface area contributed by atoms with Gasteiger partial charge in [0.05, 0.1) is 7.11 Å². The normalized spacial score (nSPS) is 5.91. The number of rotatable bonds is 8. The summed E-state index contributed by atoms with van der Waals surface area (Å²) in [6.45, 7) is 20.2. The van der Waals surface area contributed by atoms with Crippen molar-refractivity contribution in [3.63, 3.8) is 0 Å². The Morgan fingerprint density at radius 2 is 1.23 bits per heavy atom. The molecule has 0 spiro atoms. The summed E-state index contributed by atoms with van der Waals surface area (Å²) in [6.07, 6.45) is 8.15. The fourth-order valence-corrected chi connectivity index (χ4v) is 1.26. The number of hydrogen-bond donors (Lipinski definition) is 0. The van der Waals surface area contributed by atoms with Crippen LogP contribution in [0.1, 0.15) is 51.9 Å². The predicted molar refractivity (Wildman–Crippen MR) is 69.9 cm³/mol. The number of allylic oxidation sites excluding steroid dienone is 1. The molecule has 0 rings (SSSR count). The Hall–Kier alpha value is -1.26. The second-order valence-electron chi connectivity index (χ2n) is 3.25. The Morgan fingerprint density at radius 3 is 1.55 bits per heavy atom. The van der Waals surface area contributed by atoms with Gasteiger partial charge in [-0.25, -0.2) is 4.79 Å². The van der Waals surface area contributed by atoms with Crippen LogP contribution in [-0.4, -0.2) is 13.1 Å². The third kappa shape index (κ3) is 51.1. The number of carbonyl (C=O) groups excluding carboxylic acids is 1. The molecule has 0 aliphatic rings. The Kier molecular flexibility index (Phi) is 102. The van der Waals surface area contributed by atoms with Gasteiger partial charge in [0, 0.05) is 23.8 Å². The van der Waals surface area contributed by atoms with Crippen molar-refractivity contribution >= 4 is 5.94 Å². The largest absolute Gasteiger partial charge is 0 e. The summed E-state index contributed by atoms with van der Waals surface area (Å²) in [5, 5.41) is 0. The van der Waals surface area contributed by atoms with Gasteiger partial charge in [-0.05, 0) is 6.42 Å². The van der Waals surface area contributed by atoms with Crippen molar-refractivity contribution in [2.24, 2.45) is 0 Å². The summed E-state index contributed by atoms with van der Waals surface area (Å²) in [5.74, 6) is 2.25. The molecule has 0 unspecified atom stereocenters. The molecule has 22 heavy (non-hydrogen) atoms. The predicted octanol–water partition coefficient (Wildman–Crippen LogP) is 2.95. The van der Waals surface area contributed by atoms with Crippen molar-refractivity contribution in [1.82, 2.24) is 0 Å². The monoisotopic (exact) mass is 348 g/mol. The average Bonchev–Trinajstić information content (AvgIpc) is 2.61. The number of methoxy groups -OCH3 is 1. The molecule has 0 saturated carbocycles. The Morgan fingerprint density at radius 1 is 0.864 bits per heavy atom. The molecule has 0 aromatic carbocycles. The van der Waals surface area contributed by atoms with Crippen molar-refractivity contribution in [1.29, 1.82) is 0 Å². The summed E-state index contributed by atoms with van der Waals surface area (Å²) in [4.78, 5) is 10.2. The molecule has 122 valence electrons. The molecule has 6 nitrogen and oxygen atoms in total. The molecule has 0 aliphatic heterocycles. The zero-order valence-corrected chi connectivity index (χ0v) is 14.1. The summed E-state index contributed by atoms with van der Waals surface area (Å²) in [6, 6.07) is 0. The van der Waals surface area contributed by atoms with Crippen LogP contribution in [0, 0.1) is 26.6 Å². The molecular weight excluding hydrogens is 328 g/mol. The summed E-state index contributed by atoms with van der Waals surface area (Å²) in [7, 11) is 1.53. The van der Waals surface area contributed by atoms with Crippen LogP contribution in [0.5, 0.6) is 0 Å². The molecule has 0 N–H and O–H groups in total. The van der Waals surface area contributed by atoms with Crippen molar-refractivity contribution in [3.05, 3.63) is 32.4 Å². The van der Waals surface area contributed by atoms with E-state index in [0.29, 0.717) is 5.76 Å². The maximum absolute atomic E-state index is 10.2. The van der Waals surface area contributed by atoms with Gasteiger partial charge in [0.15, 0.2) is 11.7 Å². The zero-order chi connectivity index (χ0) is 17.9. The van der Waals surface area contributed by atoms with Gasteiger partial charge in [-0.1, -0.05) is 39.0 Å². The van der Waals surface area contributed by atoms with E-state index in [1.54, 1.807) is 5.94 Å². The maximum Gasteiger partial charge on any atom is 0 e. The van der Waals surface area contributed by atoms with Gasteiger partial charge in [0.1, 0.15) is 0 Å². The molecule has 0 aliphatic carbocycles. The summed E-state index contributed by atoms with van der Waals surface area (Å²) in [5.41, 5.74) is 0. The van der Waals surface area contributed by atoms with E-state index in [0.717, 1.165) is 12.8 Å². The van der Waals surface area contributed by atoms with E-state index < -0.39 is 0 Å². The van der Waals surface area contributed by atoms with E-state index >= 15 is 0 Å². The maximum atomic E-state index is 10.2. The second-order valence-corrected chi connectivity index (χ2v) is 3.25. The van der Waals surface area contributed by atoms with Crippen molar-refractivity contribution < 1.29 is 45.5 Å². The smallest absolute Gasteiger partial charge is 0 e. The molecule has 0 aromatic rings. The minimum absolute atomic E-state index is 0. The van der Waals surface area contributed by atoms with Gasteiger partial charge >= 0.3 is 45.2 Å². The van der Waals surface area contributed by atoms with Gasteiger partial charge in [-0.3, -0.25) is 0 Å². The van der Waals surface area contributed by atoms with E-state index in [1.807, 2.05) is 0 Å². The average molecular weight is 348 g/mol. The second kappa shape index (κ2) is 60.1. The quantitative estimate of drug-likeness (QED) is 0.221. The van der Waals surface area contributed by atoms with Crippen molar-refractivity contribution in [3.8, 4) is 0 Å². The SMILES string of the molecule is CCCCCCCCC(=C=O)OC.[C-]#[O+].[C-]#[O+].[C-]#[O+].[C-]#[O+].[Cr]. The van der Waals surface area contributed by atoms with Crippen LogP contribution in [-0.2, 0) is 45.5 Å². The molecule has 0 amide bonds. The molecule has 7 heteroatoms. The van der Waals surface area contributed by atoms with E-state index in [4.69, 9.17) is 23.3 Å². The van der Waals surface area contributed by atoms with Crippen molar-refractivity contribution in [2.75, 3.05) is 7.11 Å². The van der Waals surface area contributed by atoms with Crippen LogP contribution in [0.3, 0.4) is 0 Å². The topological polar surface area (TPSA) is 106 Å². The number of unbranched alkanes of at least 4 members (excludes halogenated alkanes) is 5. The zero-order valence-electron chi connectivity index (χ0n) is 12.8. The van der Waals surface area contributed by atoms with Gasteiger partial charge in [-0.2, -0.15) is 0 Å². The number of hydrogen-bond acceptors (Lipinski definition) is 2. The molecule has 0 heterocycles. The minimum Gasteiger partial charge on any atom is 0 e. The van der Waals surface area contributed by atoms with Crippen LogP contribution < -0.4 is 0 Å². The number of ether oxygens (including phenoxy) is 1. The molecule has 0 aromatic heterocycles. The first-order valence-corrected chi connectivity index (χ1v) is 5.94. The van der Waals surface area contributed by atoms with E-state index in [-0.39, 0.29) is 17.4 Å². The van der Waals surface area contributed by atoms with Crippen LogP contribution in [0.25, 0.3) is 0 Å². The van der Waals surface area contributed by atoms with E-state index in [1.165, 1.54) is 39.2 Å². The Labute approximate surface area is 143 Å². The van der Waals surface area contributed by atoms with Gasteiger partial charge in [-0.15, -0.1) is 0 Å². The van der Waals surface area contributed by atoms with Crippen LogP contribution in [0.4, 0.5) is 0 Å². The van der Waals surface area contributed by atoms with Gasteiger partial charge < -0.3 is 4.74 Å². The first kappa shape index (κ1) is 37.2.